The average molecular weight is 402 g/mol. The normalized spacial score (nSPS) is 32.3. The molecule has 0 bridgehead atoms. The van der Waals surface area contributed by atoms with Crippen LogP contribution in [0.3, 0.4) is 0 Å². The topological polar surface area (TPSA) is 0 Å². The summed E-state index contributed by atoms with van der Waals surface area (Å²) >= 11 is 0. The van der Waals surface area contributed by atoms with Crippen LogP contribution in [0.1, 0.15) is 119 Å². The Labute approximate surface area is 200 Å². The lowest BCUT2D eigenvalue weighted by atomic mass is 9.40. The van der Waals surface area contributed by atoms with Crippen LogP contribution in [0.25, 0.3) is 0 Å². The molecule has 0 unspecified atom stereocenters. The van der Waals surface area contributed by atoms with Gasteiger partial charge < -0.3 is 0 Å². The second kappa shape index (κ2) is 24.0. The van der Waals surface area contributed by atoms with Crippen molar-refractivity contribution in [3.05, 3.63) is 0 Å². The molecular weight excluding hydrogens is 353 g/mol. The van der Waals surface area contributed by atoms with Crippen LogP contribution in [0.15, 0.2) is 0 Å². The molecule has 3 rings (SSSR count). The van der Waals surface area contributed by atoms with Gasteiger partial charge in [-0.15, -0.1) is 0 Å². The van der Waals surface area contributed by atoms with Gasteiger partial charge in [-0.3, -0.25) is 0 Å². The zero-order valence-electron chi connectivity index (χ0n) is 21.4. The first kappa shape index (κ1) is 35.0. The van der Waals surface area contributed by atoms with Gasteiger partial charge in [0.05, 0.1) is 0 Å². The molecule has 0 aliphatic heterocycles. The molecule has 0 aromatic heterocycles. The molecule has 0 atom stereocenters. The van der Waals surface area contributed by atoms with Crippen LogP contribution in [0.5, 0.6) is 0 Å². The van der Waals surface area contributed by atoms with Crippen molar-refractivity contribution < 1.29 is 0 Å². The van der Waals surface area contributed by atoms with E-state index < -0.39 is 0 Å². The lowest BCUT2D eigenvalue weighted by Gasteiger charge is -2.22. The number of rotatable bonds is 0. The van der Waals surface area contributed by atoms with E-state index in [2.05, 4.69) is 72.5 Å². The molecule has 3 fully saturated rings. The number of hydrogen-bond acceptors (Lipinski definition) is 0. The van der Waals surface area contributed by atoms with Crippen LogP contribution in [0, 0.1) is 35.5 Å². The van der Waals surface area contributed by atoms with E-state index in [1.807, 2.05) is 0 Å². The van der Waals surface area contributed by atoms with Crippen molar-refractivity contribution in [2.24, 2.45) is 35.5 Å². The summed E-state index contributed by atoms with van der Waals surface area (Å²) in [4.78, 5) is 0. The Morgan fingerprint density at radius 2 is 0.467 bits per heavy atom. The third kappa shape index (κ3) is 23.1. The standard InChI is InChI=1S/3C8H16.B3.B2.B/c3*1-7-3-5-8(2)6-4-7;1-3-2;1-2;/h3*7-8H,3-6H2,1-2H3;;;. The molecule has 3 aliphatic carbocycles. The number of hydrogen-bond donors (Lipinski definition) is 0. The third-order valence-electron chi connectivity index (χ3n) is 6.91. The molecule has 0 aromatic rings. The van der Waals surface area contributed by atoms with Gasteiger partial charge in [-0.2, -0.15) is 0 Å². The van der Waals surface area contributed by atoms with Crippen molar-refractivity contribution in [2.75, 3.05) is 0 Å². The van der Waals surface area contributed by atoms with Crippen LogP contribution in [-0.4, -0.2) is 46.4 Å². The van der Waals surface area contributed by atoms with E-state index in [0.717, 1.165) is 42.6 Å². The van der Waals surface area contributed by atoms with E-state index in [9.17, 15) is 0 Å². The Bertz CT molecular complexity index is 227. The maximum Gasteiger partial charge on any atom is 0 e. The maximum atomic E-state index is 4.50. The van der Waals surface area contributed by atoms with E-state index in [-0.39, 0.29) is 8.41 Å². The van der Waals surface area contributed by atoms with Gasteiger partial charge in [-0.25, -0.2) is 0 Å². The van der Waals surface area contributed by atoms with Gasteiger partial charge in [0.2, 0.25) is 0 Å². The molecular formula is C24H48B6. The van der Waals surface area contributed by atoms with Crippen molar-refractivity contribution in [1.82, 2.24) is 0 Å². The first-order valence-corrected chi connectivity index (χ1v) is 12.4. The summed E-state index contributed by atoms with van der Waals surface area (Å²) in [5.41, 5.74) is 0. The zero-order valence-corrected chi connectivity index (χ0v) is 21.4. The largest absolute Gasteiger partial charge is 0.0625 e. The van der Waals surface area contributed by atoms with Gasteiger partial charge in [-0.05, 0) is 35.5 Å². The van der Waals surface area contributed by atoms with Gasteiger partial charge in [0.25, 0.3) is 0 Å². The lowest BCUT2D eigenvalue weighted by molar-refractivity contribution is 0.308. The Morgan fingerprint density at radius 1 is 0.400 bits per heavy atom. The van der Waals surface area contributed by atoms with Crippen LogP contribution in [0.4, 0.5) is 0 Å². The highest BCUT2D eigenvalue weighted by molar-refractivity contribution is 7.17. The summed E-state index contributed by atoms with van der Waals surface area (Å²) in [7, 11) is 18.0. The summed E-state index contributed by atoms with van der Waals surface area (Å²) in [5.74, 6) is 6.12. The van der Waals surface area contributed by atoms with Crippen molar-refractivity contribution in [1.29, 1.82) is 0 Å². The van der Waals surface area contributed by atoms with Gasteiger partial charge in [0, 0.05) is 46.4 Å². The predicted octanol–water partition coefficient (Wildman–Crippen LogP) is 6.21. The van der Waals surface area contributed by atoms with Gasteiger partial charge >= 0.3 is 0 Å². The third-order valence-corrected chi connectivity index (χ3v) is 6.91. The Hall–Kier alpha value is 0.390. The molecule has 12 radical (unpaired) electrons. The molecule has 0 N–H and O–H groups in total. The highest BCUT2D eigenvalue weighted by Gasteiger charge is 2.14. The molecule has 162 valence electrons. The monoisotopic (exact) mass is 402 g/mol. The second-order valence-electron chi connectivity index (χ2n) is 10.3. The van der Waals surface area contributed by atoms with Crippen molar-refractivity contribution in [3.8, 4) is 0 Å². The van der Waals surface area contributed by atoms with Crippen LogP contribution in [-0.2, 0) is 0 Å². The summed E-state index contributed by atoms with van der Waals surface area (Å²) in [6, 6.07) is 0. The van der Waals surface area contributed by atoms with Gasteiger partial charge in [-0.1, -0.05) is 119 Å². The van der Waals surface area contributed by atoms with E-state index in [1.54, 1.807) is 0 Å². The van der Waals surface area contributed by atoms with Crippen LogP contribution < -0.4 is 0 Å². The molecule has 0 aromatic carbocycles. The highest BCUT2D eigenvalue weighted by atomic mass is 14.2. The molecule has 3 aliphatic rings. The maximum absolute atomic E-state index is 4.50. The Kier molecular flexibility index (Phi) is 28.0. The molecule has 0 saturated heterocycles. The fourth-order valence-electron chi connectivity index (χ4n) is 4.28. The Morgan fingerprint density at radius 3 is 0.533 bits per heavy atom. The average Bonchev–Trinajstić information content (AvgIpc) is 2.72. The summed E-state index contributed by atoms with van der Waals surface area (Å²) in [6.45, 7) is 14.2. The molecule has 6 heteroatoms. The van der Waals surface area contributed by atoms with E-state index in [1.165, 1.54) is 77.0 Å². The quantitative estimate of drug-likeness (QED) is 0.423. The zero-order chi connectivity index (χ0) is 22.7. The molecule has 30 heavy (non-hydrogen) atoms. The summed E-state index contributed by atoms with van der Waals surface area (Å²) < 4.78 is 0. The highest BCUT2D eigenvalue weighted by Crippen LogP contribution is 2.28. The first-order chi connectivity index (χ1) is 13.8. The van der Waals surface area contributed by atoms with Crippen LogP contribution in [0.2, 0.25) is 0 Å². The van der Waals surface area contributed by atoms with Gasteiger partial charge in [0.1, 0.15) is 0 Å². The first-order valence-electron chi connectivity index (χ1n) is 12.4. The minimum Gasteiger partial charge on any atom is -0.0625 e. The molecule has 0 amide bonds. The molecule has 0 spiro atoms. The molecule has 0 nitrogen and oxygen atoms in total. The van der Waals surface area contributed by atoms with Crippen molar-refractivity contribution in [2.45, 2.75) is 119 Å². The minimum absolute atomic E-state index is 0. The van der Waals surface area contributed by atoms with Crippen LogP contribution >= 0.6 is 0 Å². The van der Waals surface area contributed by atoms with Crippen molar-refractivity contribution in [3.63, 3.8) is 0 Å². The van der Waals surface area contributed by atoms with Gasteiger partial charge in [0.15, 0.2) is 0 Å². The fraction of sp³-hybridized carbons (Fsp3) is 1.00. The van der Waals surface area contributed by atoms with E-state index in [0.29, 0.717) is 0 Å². The Balaban J connectivity index is -0.000000324. The summed E-state index contributed by atoms with van der Waals surface area (Å²) in [6.07, 6.45) is 17.7. The second-order valence-corrected chi connectivity index (χ2v) is 10.3. The fourth-order valence-corrected chi connectivity index (χ4v) is 4.28. The van der Waals surface area contributed by atoms with E-state index >= 15 is 0 Å². The van der Waals surface area contributed by atoms with E-state index in [4.69, 9.17) is 0 Å². The lowest BCUT2D eigenvalue weighted by Crippen LogP contribution is -2.08. The SMILES string of the molecule is CC1CCC(C)CC1.CC1CCC(C)CC1.CC1CCC(C)CC1.[B].[B][B].[B][B][B]. The van der Waals surface area contributed by atoms with Crippen molar-refractivity contribution >= 4 is 46.4 Å². The minimum atomic E-state index is 0. The summed E-state index contributed by atoms with van der Waals surface area (Å²) in [5, 5.41) is 0. The molecule has 3 saturated carbocycles. The smallest absolute Gasteiger partial charge is 0 e. The molecule has 0 heterocycles. The predicted molar refractivity (Wildman–Crippen MR) is 145 cm³/mol.